The normalized spacial score (nSPS) is 15.1. The quantitative estimate of drug-likeness (QED) is 0.789. The third-order valence-corrected chi connectivity index (χ3v) is 3.98. The molecule has 0 spiro atoms. The molecule has 2 aliphatic rings. The maximum atomic E-state index is 12.3. The molecule has 0 N–H and O–H groups in total. The maximum absolute atomic E-state index is 12.3. The Hall–Kier alpha value is -2.81. The number of para-hydroxylation sites is 1. The zero-order valence-electron chi connectivity index (χ0n) is 12.0. The molecule has 0 saturated heterocycles. The molecule has 0 atom stereocenters. The van der Waals surface area contributed by atoms with Crippen molar-refractivity contribution in [1.82, 2.24) is 0 Å². The second-order valence-electron chi connectivity index (χ2n) is 5.37. The van der Waals surface area contributed by atoms with E-state index in [0.29, 0.717) is 11.3 Å². The van der Waals surface area contributed by atoms with Gasteiger partial charge in [-0.3, -0.25) is 0 Å². The summed E-state index contributed by atoms with van der Waals surface area (Å²) in [6, 6.07) is 15.2. The van der Waals surface area contributed by atoms with E-state index in [0.717, 1.165) is 24.3 Å². The lowest BCUT2D eigenvalue weighted by Crippen LogP contribution is -2.30. The Labute approximate surface area is 129 Å². The first-order valence-electron chi connectivity index (χ1n) is 7.35. The fourth-order valence-corrected chi connectivity index (χ4v) is 2.94. The first-order valence-corrected chi connectivity index (χ1v) is 7.35. The van der Waals surface area contributed by atoms with Crippen molar-refractivity contribution in [2.24, 2.45) is 0 Å². The molecule has 0 unspecified atom stereocenters. The highest BCUT2D eigenvalue weighted by molar-refractivity contribution is 5.95. The van der Waals surface area contributed by atoms with Gasteiger partial charge in [-0.2, -0.15) is 0 Å². The van der Waals surface area contributed by atoms with Crippen molar-refractivity contribution >= 4 is 23.5 Å². The third-order valence-electron chi connectivity index (χ3n) is 3.98. The third kappa shape index (κ3) is 2.11. The van der Waals surface area contributed by atoms with Crippen molar-refractivity contribution in [2.75, 3.05) is 18.0 Å². The molecule has 3 heteroatoms. The molecular formula is C19H15NO2. The van der Waals surface area contributed by atoms with Crippen LogP contribution in [0.5, 0.6) is 0 Å². The van der Waals surface area contributed by atoms with Gasteiger partial charge in [-0.15, -0.1) is 0 Å². The summed E-state index contributed by atoms with van der Waals surface area (Å²) >= 11 is 0. The number of carbonyl (C=O) groups excluding carboxylic acids is 1. The van der Waals surface area contributed by atoms with Gasteiger partial charge in [0, 0.05) is 18.7 Å². The van der Waals surface area contributed by atoms with Crippen LogP contribution in [-0.4, -0.2) is 19.1 Å². The van der Waals surface area contributed by atoms with Crippen molar-refractivity contribution in [3.05, 3.63) is 77.4 Å². The van der Waals surface area contributed by atoms with Crippen LogP contribution in [0.25, 0.3) is 11.8 Å². The maximum Gasteiger partial charge on any atom is 0.343 e. The summed E-state index contributed by atoms with van der Waals surface area (Å²) in [5.41, 5.74) is 3.88. The summed E-state index contributed by atoms with van der Waals surface area (Å²) in [5.74, 6) is 0.335. The van der Waals surface area contributed by atoms with Gasteiger partial charge in [0.25, 0.3) is 0 Å². The van der Waals surface area contributed by atoms with E-state index in [1.165, 1.54) is 5.56 Å². The molecule has 2 heterocycles. The van der Waals surface area contributed by atoms with Crippen LogP contribution in [0.2, 0.25) is 0 Å². The van der Waals surface area contributed by atoms with Gasteiger partial charge in [-0.05, 0) is 29.8 Å². The zero-order valence-corrected chi connectivity index (χ0v) is 12.0. The van der Waals surface area contributed by atoms with Gasteiger partial charge in [-0.1, -0.05) is 42.5 Å². The van der Waals surface area contributed by atoms with E-state index in [2.05, 4.69) is 23.1 Å². The largest absolute Gasteiger partial charge is 0.422 e. The van der Waals surface area contributed by atoms with Gasteiger partial charge in [0.1, 0.15) is 5.76 Å². The SMILES string of the molecule is O=C(OC1=CCN2CC=Cc3cccc1c32)c1ccccc1. The molecule has 0 aliphatic carbocycles. The van der Waals surface area contributed by atoms with Gasteiger partial charge in [0.2, 0.25) is 0 Å². The smallest absolute Gasteiger partial charge is 0.343 e. The number of hydrogen-bond donors (Lipinski definition) is 0. The summed E-state index contributed by atoms with van der Waals surface area (Å²) in [4.78, 5) is 14.6. The van der Waals surface area contributed by atoms with E-state index < -0.39 is 0 Å². The molecule has 22 heavy (non-hydrogen) atoms. The van der Waals surface area contributed by atoms with E-state index in [4.69, 9.17) is 4.74 Å². The van der Waals surface area contributed by atoms with E-state index in [1.54, 1.807) is 12.1 Å². The van der Waals surface area contributed by atoms with Crippen molar-refractivity contribution < 1.29 is 9.53 Å². The van der Waals surface area contributed by atoms with Crippen LogP contribution in [0.4, 0.5) is 5.69 Å². The minimum atomic E-state index is -0.316. The van der Waals surface area contributed by atoms with Crippen LogP contribution in [0.3, 0.4) is 0 Å². The number of carbonyl (C=O) groups is 1. The van der Waals surface area contributed by atoms with Crippen LogP contribution in [0.15, 0.2) is 60.7 Å². The van der Waals surface area contributed by atoms with Crippen molar-refractivity contribution in [2.45, 2.75) is 0 Å². The number of hydrogen-bond acceptors (Lipinski definition) is 3. The standard InChI is InChI=1S/C19H15NO2/c21-19(15-6-2-1-3-7-15)22-17-11-13-20-12-5-9-14-8-4-10-16(17)18(14)20/h1-11H,12-13H2. The second-order valence-corrected chi connectivity index (χ2v) is 5.37. The predicted octanol–water partition coefficient (Wildman–Crippen LogP) is 3.73. The molecule has 3 nitrogen and oxygen atoms in total. The summed E-state index contributed by atoms with van der Waals surface area (Å²) in [5, 5.41) is 0. The molecule has 2 aliphatic heterocycles. The topological polar surface area (TPSA) is 29.5 Å². The van der Waals surface area contributed by atoms with E-state index in [9.17, 15) is 4.79 Å². The Kier molecular flexibility index (Phi) is 3.04. The molecule has 0 aromatic heterocycles. The highest BCUT2D eigenvalue weighted by Gasteiger charge is 2.24. The molecule has 2 aromatic rings. The molecule has 0 fully saturated rings. The summed E-state index contributed by atoms with van der Waals surface area (Å²) in [6.07, 6.45) is 6.25. The van der Waals surface area contributed by atoms with Gasteiger partial charge >= 0.3 is 5.97 Å². The lowest BCUT2D eigenvalue weighted by atomic mass is 9.98. The first kappa shape index (κ1) is 12.9. The minimum absolute atomic E-state index is 0.316. The van der Waals surface area contributed by atoms with Gasteiger partial charge in [0.15, 0.2) is 0 Å². The first-order chi connectivity index (χ1) is 10.8. The Bertz CT molecular complexity index is 790. The highest BCUT2D eigenvalue weighted by atomic mass is 16.5. The van der Waals surface area contributed by atoms with Crippen molar-refractivity contribution in [3.8, 4) is 0 Å². The lowest BCUT2D eigenvalue weighted by Gasteiger charge is -2.33. The molecular weight excluding hydrogens is 274 g/mol. The Balaban J connectivity index is 1.68. The molecule has 2 aromatic carbocycles. The monoisotopic (exact) mass is 289 g/mol. The van der Waals surface area contributed by atoms with Gasteiger partial charge in [0.05, 0.1) is 11.3 Å². The van der Waals surface area contributed by atoms with Crippen molar-refractivity contribution in [3.63, 3.8) is 0 Å². The second kappa shape index (κ2) is 5.19. The van der Waals surface area contributed by atoms with Gasteiger partial charge < -0.3 is 9.64 Å². The Morgan fingerprint density at radius 2 is 1.86 bits per heavy atom. The van der Waals surface area contributed by atoms with Crippen LogP contribution in [0.1, 0.15) is 21.5 Å². The molecule has 0 bridgehead atoms. The average Bonchev–Trinajstić information content (AvgIpc) is 2.58. The van der Waals surface area contributed by atoms with Crippen LogP contribution < -0.4 is 4.90 Å². The number of nitrogens with zero attached hydrogens (tertiary/aromatic N) is 1. The Morgan fingerprint density at radius 3 is 2.73 bits per heavy atom. The summed E-state index contributed by atoms with van der Waals surface area (Å²) in [6.45, 7) is 1.65. The fraction of sp³-hybridized carbons (Fsp3) is 0.105. The summed E-state index contributed by atoms with van der Waals surface area (Å²) in [7, 11) is 0. The molecule has 0 saturated carbocycles. The molecule has 4 rings (SSSR count). The predicted molar refractivity (Wildman–Crippen MR) is 87.5 cm³/mol. The minimum Gasteiger partial charge on any atom is -0.422 e. The van der Waals surface area contributed by atoms with Gasteiger partial charge in [-0.25, -0.2) is 4.79 Å². The number of anilines is 1. The van der Waals surface area contributed by atoms with E-state index in [1.807, 2.05) is 36.4 Å². The number of rotatable bonds is 2. The van der Waals surface area contributed by atoms with Crippen LogP contribution in [0, 0.1) is 0 Å². The number of ether oxygens (including phenoxy) is 1. The number of esters is 1. The van der Waals surface area contributed by atoms with E-state index >= 15 is 0 Å². The molecule has 108 valence electrons. The van der Waals surface area contributed by atoms with Crippen molar-refractivity contribution in [1.29, 1.82) is 0 Å². The Morgan fingerprint density at radius 1 is 1.00 bits per heavy atom. The highest BCUT2D eigenvalue weighted by Crippen LogP contribution is 2.37. The fourth-order valence-electron chi connectivity index (χ4n) is 2.94. The van der Waals surface area contributed by atoms with Crippen LogP contribution >= 0.6 is 0 Å². The number of benzene rings is 2. The average molecular weight is 289 g/mol. The van der Waals surface area contributed by atoms with Crippen LogP contribution in [-0.2, 0) is 4.74 Å². The zero-order chi connectivity index (χ0) is 14.9. The lowest BCUT2D eigenvalue weighted by molar-refractivity contribution is 0.0691. The summed E-state index contributed by atoms with van der Waals surface area (Å²) < 4.78 is 5.65. The van der Waals surface area contributed by atoms with E-state index in [-0.39, 0.29) is 5.97 Å². The molecule has 0 radical (unpaired) electrons. The molecule has 0 amide bonds.